The Bertz CT molecular complexity index is 1720. The fourth-order valence-corrected chi connectivity index (χ4v) is 7.35. The molecule has 1 aliphatic heterocycles. The Morgan fingerprint density at radius 1 is 1.00 bits per heavy atom. The molecule has 1 aliphatic rings. The lowest BCUT2D eigenvalue weighted by Gasteiger charge is -2.30. The van der Waals surface area contributed by atoms with E-state index >= 15 is 0 Å². The molecule has 14 heteroatoms. The number of rotatable bonds is 12. The lowest BCUT2D eigenvalue weighted by molar-refractivity contribution is -0.149. The summed E-state index contributed by atoms with van der Waals surface area (Å²) in [6, 6.07) is 7.43. The number of aryl methyl sites for hydroxylation is 2. The topological polar surface area (TPSA) is 82.4 Å². The van der Waals surface area contributed by atoms with Crippen LogP contribution in [0.5, 0.6) is 0 Å². The summed E-state index contributed by atoms with van der Waals surface area (Å²) in [6.07, 6.45) is -7.63. The number of Topliss-reactive ketones (excluding diaryl/α,β-unsaturated/α-hetero) is 1. The van der Waals surface area contributed by atoms with Gasteiger partial charge < -0.3 is 15.0 Å². The van der Waals surface area contributed by atoms with Crippen LogP contribution in [0.2, 0.25) is 0 Å². The van der Waals surface area contributed by atoms with Crippen molar-refractivity contribution in [1.82, 2.24) is 4.90 Å². The van der Waals surface area contributed by atoms with Gasteiger partial charge in [0.15, 0.2) is 5.78 Å². The molecule has 0 aliphatic carbocycles. The maximum atomic E-state index is 14.0. The number of carbonyl (C=O) groups is 2. The van der Waals surface area contributed by atoms with Crippen molar-refractivity contribution in [1.29, 1.82) is 5.26 Å². The summed E-state index contributed by atoms with van der Waals surface area (Å²) in [5.74, 6) is -1.50. The van der Waals surface area contributed by atoms with Gasteiger partial charge in [0, 0.05) is 4.88 Å². The molecule has 0 amide bonds. The van der Waals surface area contributed by atoms with Gasteiger partial charge in [-0.25, -0.2) is 4.39 Å². The number of esters is 1. The number of likely N-dealkylation sites (tertiary alicyclic amines) is 1. The first kappa shape index (κ1) is 38.8. The third-order valence-electron chi connectivity index (χ3n) is 9.04. The normalized spacial score (nSPS) is 14.8. The van der Waals surface area contributed by atoms with Crippen molar-refractivity contribution in [2.45, 2.75) is 71.1 Å². The fraction of sp³-hybridized carbons (Fsp3) is 0.472. The van der Waals surface area contributed by atoms with Crippen LogP contribution in [-0.2, 0) is 38.5 Å². The van der Waals surface area contributed by atoms with E-state index in [4.69, 9.17) is 4.74 Å². The van der Waals surface area contributed by atoms with E-state index in [1.807, 2.05) is 0 Å². The minimum atomic E-state index is -5.08. The number of nitriles is 1. The lowest BCUT2D eigenvalue weighted by Crippen LogP contribution is -2.37. The second kappa shape index (κ2) is 15.5. The molecule has 0 saturated carbocycles. The summed E-state index contributed by atoms with van der Waals surface area (Å²) in [5, 5.41) is 13.2. The molecule has 1 saturated heterocycles. The van der Waals surface area contributed by atoms with Gasteiger partial charge in [0.05, 0.1) is 51.7 Å². The molecule has 4 rings (SSSR count). The van der Waals surface area contributed by atoms with Crippen molar-refractivity contribution < 1.29 is 45.1 Å². The number of hydrogen-bond donors (Lipinski definition) is 1. The van der Waals surface area contributed by atoms with Gasteiger partial charge in [-0.15, -0.1) is 11.3 Å². The minimum absolute atomic E-state index is 0.0111. The molecule has 2 aromatic carbocycles. The molecule has 3 aromatic rings. The second-order valence-electron chi connectivity index (χ2n) is 12.8. The SMILES string of the molecule is CCOC(=O)C1CCN(CCCc2sc(-c3ccc(F)cc3C)c(NCC(=O)C(C)(C)c3cc(C(F)(F)F)cc(C(F)(F)F)c3)c2C#N)CC1. The average Bonchev–Trinajstić information content (AvgIpc) is 3.39. The number of ether oxygens (including phenoxy) is 1. The van der Waals surface area contributed by atoms with Crippen LogP contribution in [0.15, 0.2) is 36.4 Å². The van der Waals surface area contributed by atoms with Gasteiger partial charge in [-0.05, 0) is 120 Å². The van der Waals surface area contributed by atoms with E-state index in [1.54, 1.807) is 19.9 Å². The highest BCUT2D eigenvalue weighted by Gasteiger charge is 2.40. The van der Waals surface area contributed by atoms with Crippen molar-refractivity contribution in [3.8, 4) is 16.5 Å². The number of hydrogen-bond acceptors (Lipinski definition) is 7. The third kappa shape index (κ3) is 9.03. The van der Waals surface area contributed by atoms with E-state index in [0.29, 0.717) is 71.8 Å². The fourth-order valence-electron chi connectivity index (χ4n) is 5.99. The quantitative estimate of drug-likeness (QED) is 0.148. The zero-order valence-electron chi connectivity index (χ0n) is 28.1. The van der Waals surface area contributed by atoms with E-state index in [0.717, 1.165) is 13.1 Å². The first-order valence-corrected chi connectivity index (χ1v) is 17.0. The summed E-state index contributed by atoms with van der Waals surface area (Å²) in [6.45, 7) is 7.92. The molecule has 270 valence electrons. The zero-order chi connectivity index (χ0) is 37.0. The Morgan fingerprint density at radius 3 is 2.14 bits per heavy atom. The standard InChI is InChI=1S/C36H38F7N3O3S/c1-5-49-33(48)22-10-13-46(14-11-22)12-6-7-29-28(19-44)31(32(50-29)27-9-8-26(37)15-21(27)2)45-20-30(47)34(3,4)23-16-24(35(38,39)40)18-25(17-23)36(41,42)43/h8-9,15-18,22,45H,5-7,10-14,20H2,1-4H3. The van der Waals surface area contributed by atoms with Crippen LogP contribution in [0.3, 0.4) is 0 Å². The van der Waals surface area contributed by atoms with E-state index in [-0.39, 0.29) is 29.2 Å². The highest BCUT2D eigenvalue weighted by Crippen LogP contribution is 2.43. The monoisotopic (exact) mass is 725 g/mol. The molecule has 0 spiro atoms. The highest BCUT2D eigenvalue weighted by molar-refractivity contribution is 7.16. The summed E-state index contributed by atoms with van der Waals surface area (Å²) in [7, 11) is 0. The van der Waals surface area contributed by atoms with E-state index in [2.05, 4.69) is 16.3 Å². The van der Waals surface area contributed by atoms with Crippen LogP contribution in [0.4, 0.5) is 36.4 Å². The number of ketones is 1. The Labute approximate surface area is 290 Å². The van der Waals surface area contributed by atoms with Crippen LogP contribution >= 0.6 is 11.3 Å². The van der Waals surface area contributed by atoms with E-state index in [1.165, 1.54) is 37.3 Å². The van der Waals surface area contributed by atoms with Crippen molar-refractivity contribution in [3.63, 3.8) is 0 Å². The van der Waals surface area contributed by atoms with Crippen molar-refractivity contribution >= 4 is 28.8 Å². The number of alkyl halides is 6. The molecule has 6 nitrogen and oxygen atoms in total. The van der Waals surface area contributed by atoms with Gasteiger partial charge in [0.2, 0.25) is 0 Å². The molecule has 1 fully saturated rings. The summed E-state index contributed by atoms with van der Waals surface area (Å²) < 4.78 is 101. The van der Waals surface area contributed by atoms with Crippen molar-refractivity contribution in [2.75, 3.05) is 38.1 Å². The number of carbonyl (C=O) groups excluding carboxylic acids is 2. The predicted octanol–water partition coefficient (Wildman–Crippen LogP) is 8.94. The van der Waals surface area contributed by atoms with E-state index in [9.17, 15) is 45.6 Å². The number of nitrogens with zero attached hydrogens (tertiary/aromatic N) is 2. The Kier molecular flexibility index (Phi) is 12.0. The maximum absolute atomic E-state index is 14.0. The molecular weight excluding hydrogens is 687 g/mol. The van der Waals surface area contributed by atoms with Crippen LogP contribution < -0.4 is 5.32 Å². The predicted molar refractivity (Wildman–Crippen MR) is 176 cm³/mol. The molecule has 2 heterocycles. The summed E-state index contributed by atoms with van der Waals surface area (Å²) in [4.78, 5) is 29.2. The molecule has 0 unspecified atom stereocenters. The van der Waals surface area contributed by atoms with Gasteiger partial charge in [-0.3, -0.25) is 9.59 Å². The molecule has 0 bridgehead atoms. The number of thiophene rings is 1. The number of anilines is 1. The first-order chi connectivity index (χ1) is 23.4. The number of piperidine rings is 1. The first-order valence-electron chi connectivity index (χ1n) is 16.1. The van der Waals surface area contributed by atoms with Gasteiger partial charge in [-0.2, -0.15) is 31.6 Å². The second-order valence-corrected chi connectivity index (χ2v) is 13.9. The molecular formula is C36H38F7N3O3S. The van der Waals surface area contributed by atoms with Crippen molar-refractivity contribution in [3.05, 3.63) is 74.9 Å². The number of halogens is 7. The highest BCUT2D eigenvalue weighted by atomic mass is 32.1. The Morgan fingerprint density at radius 2 is 1.60 bits per heavy atom. The average molecular weight is 726 g/mol. The third-order valence-corrected chi connectivity index (χ3v) is 10.3. The largest absolute Gasteiger partial charge is 0.466 e. The van der Waals surface area contributed by atoms with Crippen molar-refractivity contribution in [2.24, 2.45) is 5.92 Å². The summed E-state index contributed by atoms with van der Waals surface area (Å²) >= 11 is 1.30. The van der Waals surface area contributed by atoms with Gasteiger partial charge in [0.25, 0.3) is 0 Å². The van der Waals surface area contributed by atoms with Crippen LogP contribution in [0.25, 0.3) is 10.4 Å². The zero-order valence-corrected chi connectivity index (χ0v) is 28.9. The van der Waals surface area contributed by atoms with Crippen LogP contribution in [0.1, 0.15) is 72.7 Å². The lowest BCUT2D eigenvalue weighted by atomic mass is 9.79. The molecule has 50 heavy (non-hydrogen) atoms. The molecule has 0 atom stereocenters. The van der Waals surface area contributed by atoms with Crippen LogP contribution in [-0.4, -0.2) is 49.4 Å². The Balaban J connectivity index is 1.58. The van der Waals surface area contributed by atoms with Gasteiger partial charge in [0.1, 0.15) is 11.9 Å². The van der Waals surface area contributed by atoms with Gasteiger partial charge >= 0.3 is 18.3 Å². The summed E-state index contributed by atoms with van der Waals surface area (Å²) in [5.41, 5.74) is -3.61. The van der Waals surface area contributed by atoms with Gasteiger partial charge in [-0.1, -0.05) is 6.07 Å². The smallest absolute Gasteiger partial charge is 0.416 e. The Hall–Kier alpha value is -3.96. The molecule has 1 aromatic heterocycles. The van der Waals surface area contributed by atoms with E-state index < -0.39 is 52.6 Å². The van der Waals surface area contributed by atoms with Crippen LogP contribution in [0, 0.1) is 30.0 Å². The minimum Gasteiger partial charge on any atom is -0.466 e. The maximum Gasteiger partial charge on any atom is 0.416 e. The number of benzene rings is 2. The molecule has 1 N–H and O–H groups in total. The molecule has 0 radical (unpaired) electrons. The number of nitrogens with one attached hydrogen (secondary N) is 1.